The predicted molar refractivity (Wildman–Crippen MR) is 79.8 cm³/mol. The fraction of sp³-hybridized carbons (Fsp3) is 0.0714. The fourth-order valence-electron chi connectivity index (χ4n) is 1.76. The Morgan fingerprint density at radius 3 is 2.10 bits per heavy atom. The molecule has 110 valence electrons. The van der Waals surface area contributed by atoms with Crippen LogP contribution >= 0.6 is 0 Å². The summed E-state index contributed by atoms with van der Waals surface area (Å²) in [6, 6.07) is 13.7. The Morgan fingerprint density at radius 1 is 1.00 bits per heavy atom. The van der Waals surface area contributed by atoms with E-state index in [2.05, 4.69) is 5.32 Å². The van der Waals surface area contributed by atoms with E-state index in [9.17, 15) is 13.2 Å². The molecule has 1 atom stereocenters. The normalized spacial score (nSPS) is 12.7. The Labute approximate surface area is 122 Å². The van der Waals surface area contributed by atoms with Gasteiger partial charge in [-0.15, -0.1) is 0 Å². The molecule has 0 fully saturated rings. The van der Waals surface area contributed by atoms with E-state index in [0.29, 0.717) is 11.3 Å². The molecular weight excluding hydrogens is 290 g/mol. The summed E-state index contributed by atoms with van der Waals surface area (Å²) in [4.78, 5) is 12.0. The molecule has 5 N–H and O–H groups in total. The molecule has 0 unspecified atom stereocenters. The number of hydrogen-bond donors (Lipinski definition) is 3. The average Bonchev–Trinajstić information content (AvgIpc) is 2.47. The minimum atomic E-state index is -3.74. The molecule has 2 aromatic rings. The Morgan fingerprint density at radius 2 is 1.57 bits per heavy atom. The number of primary sulfonamides is 1. The van der Waals surface area contributed by atoms with Gasteiger partial charge in [0.1, 0.15) is 6.04 Å². The molecule has 6 nitrogen and oxygen atoms in total. The first-order valence-corrected chi connectivity index (χ1v) is 7.67. The van der Waals surface area contributed by atoms with E-state index in [-0.39, 0.29) is 10.8 Å². The molecule has 21 heavy (non-hydrogen) atoms. The van der Waals surface area contributed by atoms with Crippen molar-refractivity contribution in [2.24, 2.45) is 10.9 Å². The van der Waals surface area contributed by atoms with Gasteiger partial charge in [0.15, 0.2) is 0 Å². The van der Waals surface area contributed by atoms with E-state index in [0.717, 1.165) is 0 Å². The van der Waals surface area contributed by atoms with Crippen molar-refractivity contribution in [3.05, 3.63) is 60.2 Å². The van der Waals surface area contributed by atoms with Crippen molar-refractivity contribution < 1.29 is 13.2 Å². The van der Waals surface area contributed by atoms with E-state index in [1.807, 2.05) is 6.07 Å². The second-order valence-corrected chi connectivity index (χ2v) is 6.01. The Hall–Kier alpha value is -2.22. The molecule has 1 amide bonds. The first-order chi connectivity index (χ1) is 9.88. The highest BCUT2D eigenvalue weighted by atomic mass is 32.2. The van der Waals surface area contributed by atoms with Crippen LogP contribution in [0.2, 0.25) is 0 Å². The number of sulfonamides is 1. The summed E-state index contributed by atoms with van der Waals surface area (Å²) in [7, 11) is -3.74. The molecule has 0 heterocycles. The van der Waals surface area contributed by atoms with Gasteiger partial charge in [-0.25, -0.2) is 13.6 Å². The molecule has 0 aliphatic carbocycles. The lowest BCUT2D eigenvalue weighted by atomic mass is 10.1. The van der Waals surface area contributed by atoms with Gasteiger partial charge in [0.05, 0.1) is 4.90 Å². The van der Waals surface area contributed by atoms with Crippen LogP contribution in [0.4, 0.5) is 5.69 Å². The smallest absolute Gasteiger partial charge is 0.245 e. The summed E-state index contributed by atoms with van der Waals surface area (Å²) in [6.45, 7) is 0. The zero-order chi connectivity index (χ0) is 15.5. The van der Waals surface area contributed by atoms with E-state index in [4.69, 9.17) is 10.9 Å². The first kappa shape index (κ1) is 15.2. The van der Waals surface area contributed by atoms with Crippen molar-refractivity contribution in [2.75, 3.05) is 5.32 Å². The van der Waals surface area contributed by atoms with E-state index < -0.39 is 16.1 Å². The molecule has 0 aliphatic heterocycles. The summed E-state index contributed by atoms with van der Waals surface area (Å²) in [5, 5.41) is 7.62. The molecular formula is C14H15N3O3S. The van der Waals surface area contributed by atoms with Gasteiger partial charge < -0.3 is 11.1 Å². The van der Waals surface area contributed by atoms with Crippen LogP contribution in [0, 0.1) is 0 Å². The lowest BCUT2D eigenvalue weighted by Crippen LogP contribution is -2.27. The zero-order valence-corrected chi connectivity index (χ0v) is 11.9. The Balaban J connectivity index is 2.10. The molecule has 0 radical (unpaired) electrons. The third kappa shape index (κ3) is 3.88. The van der Waals surface area contributed by atoms with Crippen LogP contribution < -0.4 is 16.2 Å². The van der Waals surface area contributed by atoms with Gasteiger partial charge in [-0.1, -0.05) is 30.3 Å². The highest BCUT2D eigenvalue weighted by Crippen LogP contribution is 2.16. The lowest BCUT2D eigenvalue weighted by Gasteiger charge is -2.12. The van der Waals surface area contributed by atoms with Crippen molar-refractivity contribution >= 4 is 21.6 Å². The van der Waals surface area contributed by atoms with Crippen LogP contribution in [0.1, 0.15) is 11.6 Å². The summed E-state index contributed by atoms with van der Waals surface area (Å²) < 4.78 is 22.3. The molecule has 2 aromatic carbocycles. The Bertz CT molecular complexity index is 728. The largest absolute Gasteiger partial charge is 0.324 e. The summed E-state index contributed by atoms with van der Waals surface area (Å²) in [6.07, 6.45) is 0. The van der Waals surface area contributed by atoms with Crippen molar-refractivity contribution in [3.8, 4) is 0 Å². The number of hydrogen-bond acceptors (Lipinski definition) is 4. The molecule has 0 saturated heterocycles. The monoisotopic (exact) mass is 305 g/mol. The van der Waals surface area contributed by atoms with Crippen LogP contribution in [0.5, 0.6) is 0 Å². The van der Waals surface area contributed by atoms with E-state index in [1.54, 1.807) is 24.3 Å². The third-order valence-electron chi connectivity index (χ3n) is 2.89. The quantitative estimate of drug-likeness (QED) is 0.780. The Kier molecular flexibility index (Phi) is 4.37. The zero-order valence-electron chi connectivity index (χ0n) is 11.1. The summed E-state index contributed by atoms with van der Waals surface area (Å²) >= 11 is 0. The number of benzene rings is 2. The standard InChI is InChI=1S/C14H15N3O3S/c15-13(10-4-2-1-3-5-10)14(18)17-11-6-8-12(9-7-11)21(16,19)20/h1-9,13H,15H2,(H,17,18)(H2,16,19,20)/t13-/m0/s1. The van der Waals surface area contributed by atoms with Gasteiger partial charge in [-0.2, -0.15) is 0 Å². The molecule has 7 heteroatoms. The van der Waals surface area contributed by atoms with Crippen molar-refractivity contribution in [3.63, 3.8) is 0 Å². The lowest BCUT2D eigenvalue weighted by molar-refractivity contribution is -0.117. The van der Waals surface area contributed by atoms with Gasteiger partial charge in [0, 0.05) is 5.69 Å². The van der Waals surface area contributed by atoms with E-state index >= 15 is 0 Å². The summed E-state index contributed by atoms with van der Waals surface area (Å²) in [5.74, 6) is -0.385. The van der Waals surface area contributed by atoms with Crippen molar-refractivity contribution in [2.45, 2.75) is 10.9 Å². The van der Waals surface area contributed by atoms with Gasteiger partial charge in [0.25, 0.3) is 0 Å². The SMILES string of the molecule is N[C@H](C(=O)Nc1ccc(S(N)(=O)=O)cc1)c1ccccc1. The maximum Gasteiger partial charge on any atom is 0.245 e. The van der Waals surface area contributed by atoms with Crippen LogP contribution in [-0.2, 0) is 14.8 Å². The topological polar surface area (TPSA) is 115 Å². The van der Waals surface area contributed by atoms with Crippen molar-refractivity contribution in [1.29, 1.82) is 0 Å². The number of nitrogens with one attached hydrogen (secondary N) is 1. The predicted octanol–water partition coefficient (Wildman–Crippen LogP) is 0.972. The van der Waals surface area contributed by atoms with Crippen LogP contribution in [-0.4, -0.2) is 14.3 Å². The second-order valence-electron chi connectivity index (χ2n) is 4.45. The molecule has 0 bridgehead atoms. The maximum absolute atomic E-state index is 12.0. The second kappa shape index (κ2) is 6.04. The molecule has 2 rings (SSSR count). The number of amides is 1. The summed E-state index contributed by atoms with van der Waals surface area (Å²) in [5.41, 5.74) is 6.99. The molecule has 0 aliphatic rings. The fourth-order valence-corrected chi connectivity index (χ4v) is 2.28. The highest BCUT2D eigenvalue weighted by Gasteiger charge is 2.15. The van der Waals surface area contributed by atoms with Crippen LogP contribution in [0.25, 0.3) is 0 Å². The highest BCUT2D eigenvalue weighted by molar-refractivity contribution is 7.89. The van der Waals surface area contributed by atoms with Gasteiger partial charge in [0.2, 0.25) is 15.9 Å². The molecule has 0 saturated carbocycles. The third-order valence-corrected chi connectivity index (χ3v) is 3.82. The number of anilines is 1. The first-order valence-electron chi connectivity index (χ1n) is 6.12. The minimum absolute atomic E-state index is 0.0205. The van der Waals surface area contributed by atoms with Crippen LogP contribution in [0.15, 0.2) is 59.5 Å². The van der Waals surface area contributed by atoms with Crippen LogP contribution in [0.3, 0.4) is 0 Å². The molecule has 0 aromatic heterocycles. The minimum Gasteiger partial charge on any atom is -0.324 e. The average molecular weight is 305 g/mol. The van der Waals surface area contributed by atoms with Gasteiger partial charge in [-0.3, -0.25) is 4.79 Å². The van der Waals surface area contributed by atoms with Gasteiger partial charge >= 0.3 is 0 Å². The van der Waals surface area contributed by atoms with E-state index in [1.165, 1.54) is 24.3 Å². The number of rotatable bonds is 4. The number of nitrogens with two attached hydrogens (primary N) is 2. The molecule has 0 spiro atoms. The number of carbonyl (C=O) groups excluding carboxylic acids is 1. The van der Waals surface area contributed by atoms with Crippen molar-refractivity contribution in [1.82, 2.24) is 0 Å². The van der Waals surface area contributed by atoms with Gasteiger partial charge in [-0.05, 0) is 29.8 Å². The number of carbonyl (C=O) groups is 1. The maximum atomic E-state index is 12.0.